The predicted octanol–water partition coefficient (Wildman–Crippen LogP) is 4.18. The summed E-state index contributed by atoms with van der Waals surface area (Å²) in [6.45, 7) is 1.89. The van der Waals surface area contributed by atoms with Crippen LogP contribution in [0.15, 0.2) is 46.9 Å². The van der Waals surface area contributed by atoms with E-state index in [9.17, 15) is 4.79 Å². The lowest BCUT2D eigenvalue weighted by Gasteiger charge is -2.15. The number of fused-ring (bicyclic) bond motifs is 1. The fourth-order valence-electron chi connectivity index (χ4n) is 3.25. The van der Waals surface area contributed by atoms with Crippen LogP contribution in [0, 0.1) is 6.92 Å². The summed E-state index contributed by atoms with van der Waals surface area (Å²) in [7, 11) is 0. The summed E-state index contributed by atoms with van der Waals surface area (Å²) in [5.74, 6) is 0.173. The van der Waals surface area contributed by atoms with E-state index >= 15 is 0 Å². The van der Waals surface area contributed by atoms with Crippen molar-refractivity contribution in [1.82, 2.24) is 10.2 Å². The molecule has 0 saturated carbocycles. The summed E-state index contributed by atoms with van der Waals surface area (Å²) >= 11 is 0. The van der Waals surface area contributed by atoms with E-state index in [1.54, 1.807) is 6.07 Å². The topological polar surface area (TPSA) is 68.0 Å². The van der Waals surface area contributed by atoms with Crippen LogP contribution in [0.3, 0.4) is 0 Å². The van der Waals surface area contributed by atoms with Crippen molar-refractivity contribution < 1.29 is 9.21 Å². The van der Waals surface area contributed by atoms with Gasteiger partial charge in [-0.15, -0.1) is 5.10 Å². The van der Waals surface area contributed by atoms with Crippen molar-refractivity contribution in [1.29, 1.82) is 0 Å². The number of nitrogens with one attached hydrogen (secondary N) is 1. The average Bonchev–Trinajstić information content (AvgIpc) is 3.10. The Hall–Kier alpha value is -2.95. The number of aromatic nitrogens is 2. The largest absolute Gasteiger partial charge is 0.403 e. The van der Waals surface area contributed by atoms with Crippen LogP contribution in [0.25, 0.3) is 11.5 Å². The second-order valence-corrected chi connectivity index (χ2v) is 6.37. The van der Waals surface area contributed by atoms with Gasteiger partial charge in [-0.3, -0.25) is 10.1 Å². The third-order valence-electron chi connectivity index (χ3n) is 4.63. The van der Waals surface area contributed by atoms with E-state index in [4.69, 9.17) is 4.42 Å². The van der Waals surface area contributed by atoms with Crippen LogP contribution in [-0.4, -0.2) is 16.1 Å². The predicted molar refractivity (Wildman–Crippen MR) is 95.5 cm³/mol. The minimum atomic E-state index is -0.251. The Kier molecular flexibility index (Phi) is 4.06. The molecule has 0 fully saturated rings. The molecule has 1 heterocycles. The van der Waals surface area contributed by atoms with Gasteiger partial charge in [0.1, 0.15) is 0 Å². The number of aryl methyl sites for hydroxylation is 3. The Morgan fingerprint density at radius 2 is 1.84 bits per heavy atom. The first-order valence-electron chi connectivity index (χ1n) is 8.53. The van der Waals surface area contributed by atoms with Crippen LogP contribution in [0.2, 0.25) is 0 Å². The molecule has 5 heteroatoms. The first-order valence-corrected chi connectivity index (χ1v) is 8.53. The minimum absolute atomic E-state index is 0.112. The van der Waals surface area contributed by atoms with Crippen molar-refractivity contribution in [3.63, 3.8) is 0 Å². The number of anilines is 1. The summed E-state index contributed by atoms with van der Waals surface area (Å²) in [5, 5.41) is 10.7. The number of benzene rings is 2. The second kappa shape index (κ2) is 6.51. The average molecular weight is 333 g/mol. The molecule has 126 valence electrons. The first-order chi connectivity index (χ1) is 12.2. The Bertz CT molecular complexity index is 930. The van der Waals surface area contributed by atoms with Crippen molar-refractivity contribution in [2.75, 3.05) is 5.32 Å². The molecule has 0 aliphatic heterocycles. The quantitative estimate of drug-likeness (QED) is 0.781. The van der Waals surface area contributed by atoms with E-state index in [1.807, 2.05) is 31.2 Å². The van der Waals surface area contributed by atoms with Gasteiger partial charge in [-0.25, -0.2) is 0 Å². The van der Waals surface area contributed by atoms with Gasteiger partial charge in [0, 0.05) is 11.1 Å². The molecule has 1 aliphatic rings. The highest BCUT2D eigenvalue weighted by Crippen LogP contribution is 2.27. The molecule has 25 heavy (non-hydrogen) atoms. The van der Waals surface area contributed by atoms with Crippen molar-refractivity contribution >= 4 is 11.9 Å². The van der Waals surface area contributed by atoms with E-state index in [2.05, 4.69) is 27.6 Å². The van der Waals surface area contributed by atoms with Crippen molar-refractivity contribution in [3.05, 3.63) is 64.7 Å². The van der Waals surface area contributed by atoms with Gasteiger partial charge in [0.15, 0.2) is 0 Å². The molecule has 0 saturated heterocycles. The molecule has 4 rings (SSSR count). The van der Waals surface area contributed by atoms with Gasteiger partial charge < -0.3 is 4.42 Å². The van der Waals surface area contributed by atoms with Gasteiger partial charge in [-0.1, -0.05) is 29.4 Å². The number of carbonyl (C=O) groups is 1. The van der Waals surface area contributed by atoms with E-state index in [0.29, 0.717) is 11.5 Å². The fourth-order valence-corrected chi connectivity index (χ4v) is 3.25. The molecule has 1 amide bonds. The smallest absolute Gasteiger partial charge is 0.322 e. The number of hydrogen-bond acceptors (Lipinski definition) is 4. The summed E-state index contributed by atoms with van der Waals surface area (Å²) < 4.78 is 5.64. The maximum absolute atomic E-state index is 12.3. The highest BCUT2D eigenvalue weighted by atomic mass is 16.4. The second-order valence-electron chi connectivity index (χ2n) is 6.37. The molecule has 0 bridgehead atoms. The van der Waals surface area contributed by atoms with Crippen LogP contribution in [0.1, 0.15) is 39.9 Å². The number of nitrogens with zero attached hydrogens (tertiary/aromatic N) is 2. The first kappa shape index (κ1) is 15.6. The van der Waals surface area contributed by atoms with Crippen LogP contribution < -0.4 is 5.32 Å². The normalized spacial score (nSPS) is 13.3. The van der Waals surface area contributed by atoms with Gasteiger partial charge in [0.25, 0.3) is 5.91 Å². The molecule has 1 aromatic heterocycles. The maximum Gasteiger partial charge on any atom is 0.322 e. The van der Waals surface area contributed by atoms with E-state index in [1.165, 1.54) is 24.0 Å². The number of carbonyl (C=O) groups excluding carboxylic acids is 1. The lowest BCUT2D eigenvalue weighted by atomic mass is 9.90. The van der Waals surface area contributed by atoms with Gasteiger partial charge in [-0.05, 0) is 67.5 Å². The standard InChI is InChI=1S/C20H19N3O2/c1-13-6-2-5-9-17(13)18(24)21-20-23-22-19(25-20)16-11-10-14-7-3-4-8-15(14)12-16/h2,5-6,9-12H,3-4,7-8H2,1H3,(H,21,23,24). The molecule has 1 aliphatic carbocycles. The van der Waals surface area contributed by atoms with Crippen LogP contribution >= 0.6 is 0 Å². The zero-order valence-electron chi connectivity index (χ0n) is 14.1. The van der Waals surface area contributed by atoms with E-state index in [-0.39, 0.29) is 11.9 Å². The van der Waals surface area contributed by atoms with E-state index < -0.39 is 0 Å². The molecule has 0 radical (unpaired) electrons. The zero-order chi connectivity index (χ0) is 17.2. The van der Waals surface area contributed by atoms with Crippen molar-refractivity contribution in [3.8, 4) is 11.5 Å². The van der Waals surface area contributed by atoms with Gasteiger partial charge >= 0.3 is 6.01 Å². The fraction of sp³-hybridized carbons (Fsp3) is 0.250. The van der Waals surface area contributed by atoms with Crippen LogP contribution in [-0.2, 0) is 12.8 Å². The summed E-state index contributed by atoms with van der Waals surface area (Å²) in [4.78, 5) is 12.3. The summed E-state index contributed by atoms with van der Waals surface area (Å²) in [6.07, 6.45) is 4.70. The molecule has 0 spiro atoms. The maximum atomic E-state index is 12.3. The van der Waals surface area contributed by atoms with Crippen LogP contribution in [0.5, 0.6) is 0 Å². The van der Waals surface area contributed by atoms with Gasteiger partial charge in [0.05, 0.1) is 0 Å². The van der Waals surface area contributed by atoms with Gasteiger partial charge in [-0.2, -0.15) is 0 Å². The summed E-state index contributed by atoms with van der Waals surface area (Å²) in [6, 6.07) is 13.8. The number of hydrogen-bond donors (Lipinski definition) is 1. The van der Waals surface area contributed by atoms with Crippen molar-refractivity contribution in [2.24, 2.45) is 0 Å². The minimum Gasteiger partial charge on any atom is -0.403 e. The monoisotopic (exact) mass is 333 g/mol. The molecule has 5 nitrogen and oxygen atoms in total. The highest BCUT2D eigenvalue weighted by Gasteiger charge is 2.16. The molecular weight excluding hydrogens is 314 g/mol. The van der Waals surface area contributed by atoms with Crippen LogP contribution in [0.4, 0.5) is 6.01 Å². The zero-order valence-corrected chi connectivity index (χ0v) is 14.1. The Morgan fingerprint density at radius 1 is 1.04 bits per heavy atom. The SMILES string of the molecule is Cc1ccccc1C(=O)Nc1nnc(-c2ccc3c(c2)CCCC3)o1. The molecule has 0 atom stereocenters. The number of rotatable bonds is 3. The molecule has 1 N–H and O–H groups in total. The Labute approximate surface area is 146 Å². The Morgan fingerprint density at radius 3 is 2.68 bits per heavy atom. The van der Waals surface area contributed by atoms with E-state index in [0.717, 1.165) is 24.0 Å². The van der Waals surface area contributed by atoms with Crippen molar-refractivity contribution in [2.45, 2.75) is 32.6 Å². The Balaban J connectivity index is 1.54. The molecule has 2 aromatic carbocycles. The summed E-state index contributed by atoms with van der Waals surface area (Å²) in [5.41, 5.74) is 5.14. The lowest BCUT2D eigenvalue weighted by Crippen LogP contribution is -2.13. The molecular formula is C20H19N3O2. The third-order valence-corrected chi connectivity index (χ3v) is 4.63. The molecule has 3 aromatic rings. The number of amides is 1. The molecule has 0 unspecified atom stereocenters. The third kappa shape index (κ3) is 3.18. The van der Waals surface area contributed by atoms with Gasteiger partial charge in [0.2, 0.25) is 5.89 Å². The lowest BCUT2D eigenvalue weighted by molar-refractivity contribution is 0.102. The highest BCUT2D eigenvalue weighted by molar-refractivity contribution is 6.04.